The van der Waals surface area contributed by atoms with Gasteiger partial charge in [-0.3, -0.25) is 4.79 Å². The van der Waals surface area contributed by atoms with Gasteiger partial charge in [0.1, 0.15) is 6.54 Å². The molecule has 5 rings (SSSR count). The van der Waals surface area contributed by atoms with E-state index in [2.05, 4.69) is 58.9 Å². The van der Waals surface area contributed by atoms with Gasteiger partial charge in [-0.25, -0.2) is 4.79 Å². The highest BCUT2D eigenvalue weighted by molar-refractivity contribution is 5.80. The molecule has 9 nitrogen and oxygen atoms in total. The fourth-order valence-electron chi connectivity index (χ4n) is 6.38. The van der Waals surface area contributed by atoms with Crippen molar-refractivity contribution in [2.75, 3.05) is 32.8 Å². The Bertz CT molecular complexity index is 1420. The molecule has 2 amide bonds. The highest BCUT2D eigenvalue weighted by Gasteiger charge is 2.39. The molecule has 0 saturated carbocycles. The van der Waals surface area contributed by atoms with Crippen LogP contribution in [-0.2, 0) is 32.2 Å². The minimum absolute atomic E-state index is 0.00837. The van der Waals surface area contributed by atoms with Crippen molar-refractivity contribution in [3.63, 3.8) is 0 Å². The van der Waals surface area contributed by atoms with Crippen molar-refractivity contribution in [2.24, 2.45) is 5.92 Å². The Morgan fingerprint density at radius 3 is 2.26 bits per heavy atom. The summed E-state index contributed by atoms with van der Waals surface area (Å²) in [5, 5.41) is 14.9. The number of aliphatic hydroxyl groups is 1. The van der Waals surface area contributed by atoms with E-state index in [0.29, 0.717) is 6.54 Å². The van der Waals surface area contributed by atoms with Crippen LogP contribution in [0.15, 0.2) is 72.8 Å². The molecule has 2 aliphatic heterocycles. The number of esters is 1. The molecule has 252 valence electrons. The standard InChI is InChI=1S/C38H49N3O6/c1-3-45-35(43)24-40-38(44)39-23-29-10-9-11-33(22-29)30-16-18-32(19-17-30)37-46-34(25-41-20-7-5-4-6-8-21-41)27(2)36(47-37)31-14-12-28(26-42)13-15-31/h9-19,22,27,34,36-37,42H,3-8,20-21,23-26H2,1-2H3,(H2,39,40,44)/t27-,34+,36+,37+/m0/s1. The van der Waals surface area contributed by atoms with Gasteiger partial charge < -0.3 is 34.9 Å². The zero-order chi connectivity index (χ0) is 33.0. The number of aliphatic hydroxyl groups excluding tert-OH is 1. The van der Waals surface area contributed by atoms with Crippen LogP contribution in [0, 0.1) is 5.92 Å². The van der Waals surface area contributed by atoms with Crippen molar-refractivity contribution in [1.29, 1.82) is 0 Å². The fourth-order valence-corrected chi connectivity index (χ4v) is 6.38. The quantitative estimate of drug-likeness (QED) is 0.212. The zero-order valence-corrected chi connectivity index (χ0v) is 27.7. The topological polar surface area (TPSA) is 109 Å². The minimum Gasteiger partial charge on any atom is -0.465 e. The molecule has 4 atom stereocenters. The lowest BCUT2D eigenvalue weighted by atomic mass is 9.89. The number of carbonyl (C=O) groups excluding carboxylic acids is 2. The molecule has 0 spiro atoms. The molecule has 3 aromatic carbocycles. The maximum absolute atomic E-state index is 12.1. The van der Waals surface area contributed by atoms with Crippen LogP contribution in [-0.4, -0.2) is 60.9 Å². The Kier molecular flexibility index (Phi) is 12.8. The number of amides is 2. The maximum atomic E-state index is 12.1. The van der Waals surface area contributed by atoms with Gasteiger partial charge in [0, 0.05) is 24.6 Å². The lowest BCUT2D eigenvalue weighted by Crippen LogP contribution is -2.45. The number of hydrogen-bond donors (Lipinski definition) is 3. The van der Waals surface area contributed by atoms with E-state index in [1.54, 1.807) is 6.92 Å². The summed E-state index contributed by atoms with van der Waals surface area (Å²) in [5.74, 6) is -0.318. The van der Waals surface area contributed by atoms with Gasteiger partial charge in [0.15, 0.2) is 6.29 Å². The molecule has 2 fully saturated rings. The summed E-state index contributed by atoms with van der Waals surface area (Å²) >= 11 is 0. The van der Waals surface area contributed by atoms with Gasteiger partial charge in [0.25, 0.3) is 0 Å². The molecule has 3 aromatic rings. The van der Waals surface area contributed by atoms with Crippen LogP contribution in [0.5, 0.6) is 0 Å². The number of carbonyl (C=O) groups is 2. The Labute approximate surface area is 278 Å². The second-order valence-electron chi connectivity index (χ2n) is 12.6. The molecule has 47 heavy (non-hydrogen) atoms. The number of hydrogen-bond acceptors (Lipinski definition) is 7. The van der Waals surface area contributed by atoms with Crippen LogP contribution in [0.3, 0.4) is 0 Å². The first-order chi connectivity index (χ1) is 22.9. The molecular weight excluding hydrogens is 594 g/mol. The Morgan fingerprint density at radius 2 is 1.55 bits per heavy atom. The largest absolute Gasteiger partial charge is 0.465 e. The molecule has 0 radical (unpaired) electrons. The van der Waals surface area contributed by atoms with Crippen molar-refractivity contribution in [3.8, 4) is 11.1 Å². The van der Waals surface area contributed by atoms with E-state index in [9.17, 15) is 14.7 Å². The number of nitrogens with zero attached hydrogens (tertiary/aromatic N) is 1. The Morgan fingerprint density at radius 1 is 0.851 bits per heavy atom. The molecule has 3 N–H and O–H groups in total. The van der Waals surface area contributed by atoms with E-state index in [1.807, 2.05) is 36.4 Å². The van der Waals surface area contributed by atoms with E-state index < -0.39 is 18.3 Å². The fraction of sp³-hybridized carbons (Fsp3) is 0.474. The van der Waals surface area contributed by atoms with E-state index in [1.165, 1.54) is 32.1 Å². The van der Waals surface area contributed by atoms with Crippen molar-refractivity contribution in [1.82, 2.24) is 15.5 Å². The summed E-state index contributed by atoms with van der Waals surface area (Å²) in [6.45, 7) is 7.48. The van der Waals surface area contributed by atoms with Crippen molar-refractivity contribution < 1.29 is 28.9 Å². The van der Waals surface area contributed by atoms with Crippen LogP contribution in [0.2, 0.25) is 0 Å². The van der Waals surface area contributed by atoms with Crippen LogP contribution in [0.1, 0.15) is 80.6 Å². The average molecular weight is 644 g/mol. The number of likely N-dealkylation sites (tertiary alicyclic amines) is 1. The third-order valence-electron chi connectivity index (χ3n) is 9.11. The van der Waals surface area contributed by atoms with Gasteiger partial charge >= 0.3 is 12.0 Å². The van der Waals surface area contributed by atoms with Gasteiger partial charge in [0.05, 0.1) is 25.4 Å². The van der Waals surface area contributed by atoms with Crippen LogP contribution in [0.4, 0.5) is 4.79 Å². The predicted octanol–water partition coefficient (Wildman–Crippen LogP) is 6.27. The minimum atomic E-state index is -0.508. The van der Waals surface area contributed by atoms with Gasteiger partial charge in [-0.15, -0.1) is 0 Å². The van der Waals surface area contributed by atoms with Gasteiger partial charge in [-0.1, -0.05) is 92.9 Å². The highest BCUT2D eigenvalue weighted by atomic mass is 16.7. The van der Waals surface area contributed by atoms with E-state index in [0.717, 1.165) is 53.0 Å². The first-order valence-corrected chi connectivity index (χ1v) is 17.0. The van der Waals surface area contributed by atoms with E-state index in [-0.39, 0.29) is 37.9 Å². The molecule has 2 aliphatic rings. The van der Waals surface area contributed by atoms with Gasteiger partial charge in [-0.2, -0.15) is 0 Å². The number of rotatable bonds is 11. The second kappa shape index (κ2) is 17.4. The smallest absolute Gasteiger partial charge is 0.325 e. The molecule has 0 aromatic heterocycles. The Balaban J connectivity index is 1.27. The molecule has 2 saturated heterocycles. The van der Waals surface area contributed by atoms with Crippen molar-refractivity contribution in [3.05, 3.63) is 95.1 Å². The third-order valence-corrected chi connectivity index (χ3v) is 9.11. The number of nitrogens with one attached hydrogen (secondary N) is 2. The average Bonchev–Trinajstić information content (AvgIpc) is 3.09. The SMILES string of the molecule is CCOC(=O)CNC(=O)NCc1cccc(-c2ccc([C@@H]3O[C@H](CN4CCCCCCC4)[C@H](C)[C@H](c4ccc(CO)cc4)O3)cc2)c1. The normalized spacial score (nSPS) is 22.1. The maximum Gasteiger partial charge on any atom is 0.325 e. The number of benzene rings is 3. The van der Waals surface area contributed by atoms with Crippen LogP contribution < -0.4 is 10.6 Å². The predicted molar refractivity (Wildman–Crippen MR) is 181 cm³/mol. The van der Waals surface area contributed by atoms with Crippen LogP contribution >= 0.6 is 0 Å². The first kappa shape index (κ1) is 34.6. The zero-order valence-electron chi connectivity index (χ0n) is 27.7. The summed E-state index contributed by atoms with van der Waals surface area (Å²) in [4.78, 5) is 26.2. The van der Waals surface area contributed by atoms with Gasteiger partial charge in [-0.05, 0) is 66.7 Å². The molecule has 0 bridgehead atoms. The highest BCUT2D eigenvalue weighted by Crippen LogP contribution is 2.42. The lowest BCUT2D eigenvalue weighted by molar-refractivity contribution is -0.276. The first-order valence-electron chi connectivity index (χ1n) is 17.0. The second-order valence-corrected chi connectivity index (χ2v) is 12.6. The summed E-state index contributed by atoms with van der Waals surface area (Å²) in [6, 6.07) is 24.0. The third kappa shape index (κ3) is 9.87. The van der Waals surface area contributed by atoms with E-state index >= 15 is 0 Å². The molecule has 0 aliphatic carbocycles. The molecule has 2 heterocycles. The number of ether oxygens (including phenoxy) is 3. The lowest BCUT2D eigenvalue weighted by Gasteiger charge is -2.43. The Hall–Kier alpha value is -3.76. The van der Waals surface area contributed by atoms with Crippen molar-refractivity contribution in [2.45, 2.75) is 77.6 Å². The summed E-state index contributed by atoms with van der Waals surface area (Å²) < 4.78 is 18.3. The van der Waals surface area contributed by atoms with Crippen LogP contribution in [0.25, 0.3) is 11.1 Å². The molecular formula is C38H49N3O6. The monoisotopic (exact) mass is 643 g/mol. The summed E-state index contributed by atoms with van der Waals surface area (Å²) in [7, 11) is 0. The summed E-state index contributed by atoms with van der Waals surface area (Å²) in [5.41, 5.74) is 5.95. The van der Waals surface area contributed by atoms with E-state index in [4.69, 9.17) is 14.2 Å². The summed E-state index contributed by atoms with van der Waals surface area (Å²) in [6.07, 6.45) is 5.74. The van der Waals surface area contributed by atoms with Crippen molar-refractivity contribution >= 4 is 12.0 Å². The van der Waals surface area contributed by atoms with Gasteiger partial charge in [0.2, 0.25) is 0 Å². The number of urea groups is 1. The molecule has 0 unspecified atom stereocenters. The molecule has 9 heteroatoms.